The fourth-order valence-electron chi connectivity index (χ4n) is 6.11. The quantitative estimate of drug-likeness (QED) is 0.679. The monoisotopic (exact) mass is 464 g/mol. The minimum atomic E-state index is -3.90. The first kappa shape index (κ1) is 20.9. The van der Waals surface area contributed by atoms with Crippen molar-refractivity contribution in [3.8, 4) is 0 Å². The number of anilines is 1. The van der Waals surface area contributed by atoms with Crippen LogP contribution in [-0.4, -0.2) is 22.4 Å². The van der Waals surface area contributed by atoms with E-state index >= 15 is 0 Å². The number of hydrogen-bond acceptors (Lipinski definition) is 4. The number of sulfonamides is 2. The van der Waals surface area contributed by atoms with Gasteiger partial charge >= 0.3 is 0 Å². The summed E-state index contributed by atoms with van der Waals surface area (Å²) in [6, 6.07) is 10.2. The predicted octanol–water partition coefficient (Wildman–Crippen LogP) is 3.87. The SMILES string of the molecule is O=S(=O)(Nc1ccc(S(=O)(=O)NC23CC4CC(CC(C4)C2)C3)cc1)c1ccc(F)cc1. The molecule has 2 aromatic rings. The lowest BCUT2D eigenvalue weighted by atomic mass is 9.53. The maximum atomic E-state index is 13.1. The highest BCUT2D eigenvalue weighted by molar-refractivity contribution is 7.92. The Morgan fingerprint density at radius 1 is 0.710 bits per heavy atom. The summed E-state index contributed by atoms with van der Waals surface area (Å²) < 4.78 is 69.5. The largest absolute Gasteiger partial charge is 0.280 e. The molecule has 2 N–H and O–H groups in total. The van der Waals surface area contributed by atoms with Crippen LogP contribution in [-0.2, 0) is 20.0 Å². The first-order valence-electron chi connectivity index (χ1n) is 10.5. The highest BCUT2D eigenvalue weighted by atomic mass is 32.2. The van der Waals surface area contributed by atoms with Gasteiger partial charge in [-0.25, -0.2) is 25.9 Å². The smallest absolute Gasteiger partial charge is 0.261 e. The molecule has 4 bridgehead atoms. The zero-order chi connectivity index (χ0) is 21.9. The Labute approximate surface area is 182 Å². The Balaban J connectivity index is 1.32. The molecule has 4 aliphatic rings. The second-order valence-electron chi connectivity index (χ2n) is 9.39. The molecule has 6 rings (SSSR count). The average Bonchev–Trinajstić information content (AvgIpc) is 2.66. The Morgan fingerprint density at radius 2 is 1.16 bits per heavy atom. The highest BCUT2D eigenvalue weighted by Gasteiger charge is 2.52. The van der Waals surface area contributed by atoms with Gasteiger partial charge in [-0.2, -0.15) is 0 Å². The summed E-state index contributed by atoms with van der Waals surface area (Å²) in [4.78, 5) is 0.0436. The van der Waals surface area contributed by atoms with Crippen LogP contribution in [0.15, 0.2) is 58.3 Å². The molecule has 4 fully saturated rings. The molecular formula is C22H25FN2O4S2. The highest BCUT2D eigenvalue weighted by Crippen LogP contribution is 2.55. The third-order valence-corrected chi connectivity index (χ3v) is 9.92. The number of nitrogens with one attached hydrogen (secondary N) is 2. The van der Waals surface area contributed by atoms with Crippen LogP contribution in [0.2, 0.25) is 0 Å². The van der Waals surface area contributed by atoms with E-state index in [-0.39, 0.29) is 21.0 Å². The molecule has 0 saturated heterocycles. The van der Waals surface area contributed by atoms with Crippen molar-refractivity contribution in [3.05, 3.63) is 54.3 Å². The molecular weight excluding hydrogens is 439 g/mol. The van der Waals surface area contributed by atoms with Crippen molar-refractivity contribution in [1.29, 1.82) is 0 Å². The van der Waals surface area contributed by atoms with Crippen molar-refractivity contribution < 1.29 is 21.2 Å². The molecule has 166 valence electrons. The second-order valence-corrected chi connectivity index (χ2v) is 12.8. The maximum absolute atomic E-state index is 13.1. The van der Waals surface area contributed by atoms with E-state index in [4.69, 9.17) is 0 Å². The lowest BCUT2D eigenvalue weighted by Gasteiger charge is -2.56. The molecule has 0 unspecified atom stereocenters. The molecule has 0 atom stereocenters. The molecule has 4 saturated carbocycles. The average molecular weight is 465 g/mol. The summed E-state index contributed by atoms with van der Waals surface area (Å²) in [5.74, 6) is 1.34. The van der Waals surface area contributed by atoms with Gasteiger partial charge in [-0.15, -0.1) is 0 Å². The van der Waals surface area contributed by atoms with E-state index in [0.717, 1.165) is 31.4 Å². The number of halogens is 1. The van der Waals surface area contributed by atoms with E-state index in [9.17, 15) is 21.2 Å². The van der Waals surface area contributed by atoms with Gasteiger partial charge in [0, 0.05) is 11.2 Å². The summed E-state index contributed by atoms with van der Waals surface area (Å²) in [5.41, 5.74) is -0.103. The third kappa shape index (κ3) is 4.10. The van der Waals surface area contributed by atoms with Crippen LogP contribution in [0.25, 0.3) is 0 Å². The number of benzene rings is 2. The van der Waals surface area contributed by atoms with Crippen LogP contribution in [0.3, 0.4) is 0 Å². The molecule has 31 heavy (non-hydrogen) atoms. The van der Waals surface area contributed by atoms with Crippen LogP contribution < -0.4 is 9.44 Å². The molecule has 0 amide bonds. The fourth-order valence-corrected chi connectivity index (χ4v) is 8.60. The first-order valence-corrected chi connectivity index (χ1v) is 13.5. The van der Waals surface area contributed by atoms with Crippen LogP contribution >= 0.6 is 0 Å². The van der Waals surface area contributed by atoms with Gasteiger partial charge in [0.05, 0.1) is 9.79 Å². The van der Waals surface area contributed by atoms with Gasteiger partial charge < -0.3 is 0 Å². The molecule has 0 spiro atoms. The molecule has 0 aliphatic heterocycles. The van der Waals surface area contributed by atoms with Crippen molar-refractivity contribution in [2.24, 2.45) is 17.8 Å². The lowest BCUT2D eigenvalue weighted by Crippen LogP contribution is -2.59. The van der Waals surface area contributed by atoms with Crippen LogP contribution in [0, 0.1) is 23.6 Å². The minimum Gasteiger partial charge on any atom is -0.280 e. The van der Waals surface area contributed by atoms with Crippen LogP contribution in [0.1, 0.15) is 38.5 Å². The molecule has 2 aromatic carbocycles. The summed E-state index contributed by atoms with van der Waals surface area (Å²) in [7, 11) is -7.61. The predicted molar refractivity (Wildman–Crippen MR) is 115 cm³/mol. The summed E-state index contributed by atoms with van der Waals surface area (Å²) in [6.07, 6.45) is 6.41. The van der Waals surface area contributed by atoms with Gasteiger partial charge in [0.2, 0.25) is 10.0 Å². The Morgan fingerprint density at radius 3 is 1.68 bits per heavy atom. The van der Waals surface area contributed by atoms with Gasteiger partial charge in [0.15, 0.2) is 0 Å². The van der Waals surface area contributed by atoms with Crippen LogP contribution in [0.4, 0.5) is 10.1 Å². The van der Waals surface area contributed by atoms with E-state index < -0.39 is 25.9 Å². The lowest BCUT2D eigenvalue weighted by molar-refractivity contribution is -0.00810. The number of rotatable bonds is 6. The zero-order valence-electron chi connectivity index (χ0n) is 16.9. The van der Waals surface area contributed by atoms with Crippen molar-refractivity contribution in [2.45, 2.75) is 53.9 Å². The van der Waals surface area contributed by atoms with Gasteiger partial charge in [-0.3, -0.25) is 4.72 Å². The maximum Gasteiger partial charge on any atom is 0.261 e. The topological polar surface area (TPSA) is 92.3 Å². The van der Waals surface area contributed by atoms with Crippen LogP contribution in [0.5, 0.6) is 0 Å². The van der Waals surface area contributed by atoms with Gasteiger partial charge in [0.1, 0.15) is 5.82 Å². The first-order chi connectivity index (χ1) is 14.6. The molecule has 9 heteroatoms. The van der Waals surface area contributed by atoms with E-state index in [1.165, 1.54) is 55.7 Å². The second kappa shape index (κ2) is 7.28. The van der Waals surface area contributed by atoms with E-state index in [2.05, 4.69) is 9.44 Å². The summed E-state index contributed by atoms with van der Waals surface area (Å²) in [6.45, 7) is 0. The third-order valence-electron chi connectivity index (χ3n) is 6.93. The van der Waals surface area contributed by atoms with Crippen molar-refractivity contribution in [2.75, 3.05) is 4.72 Å². The summed E-state index contributed by atoms with van der Waals surface area (Å²) in [5, 5.41) is 0. The van der Waals surface area contributed by atoms with Gasteiger partial charge in [0.25, 0.3) is 10.0 Å². The van der Waals surface area contributed by atoms with Gasteiger partial charge in [-0.1, -0.05) is 0 Å². The standard InChI is InChI=1S/C22H25FN2O4S2/c23-18-1-5-20(6-2-18)30(26,27)24-19-3-7-21(8-4-19)31(28,29)25-22-12-15-9-16(13-22)11-17(10-15)14-22/h1-8,15-17,24-25H,9-14H2. The molecule has 0 radical (unpaired) electrons. The minimum absolute atomic E-state index is 0.0749. The zero-order valence-corrected chi connectivity index (χ0v) is 18.6. The Kier molecular flexibility index (Phi) is 4.91. The van der Waals surface area contributed by atoms with Gasteiger partial charge in [-0.05, 0) is 105 Å². The van der Waals surface area contributed by atoms with Crippen molar-refractivity contribution >= 4 is 25.7 Å². The van der Waals surface area contributed by atoms with E-state index in [1.807, 2.05) is 0 Å². The van der Waals surface area contributed by atoms with E-state index in [1.54, 1.807) is 0 Å². The van der Waals surface area contributed by atoms with Crippen molar-refractivity contribution in [1.82, 2.24) is 4.72 Å². The van der Waals surface area contributed by atoms with E-state index in [0.29, 0.717) is 17.8 Å². The Bertz CT molecular complexity index is 1160. The molecule has 4 aliphatic carbocycles. The summed E-state index contributed by atoms with van der Waals surface area (Å²) >= 11 is 0. The molecule has 0 heterocycles. The molecule has 6 nitrogen and oxygen atoms in total. The molecule has 0 aromatic heterocycles. The normalized spacial score (nSPS) is 29.8. The Hall–Kier alpha value is -1.97. The van der Waals surface area contributed by atoms with Crippen molar-refractivity contribution in [3.63, 3.8) is 0 Å². The number of hydrogen-bond donors (Lipinski definition) is 2. The fraction of sp³-hybridized carbons (Fsp3) is 0.455.